The fourth-order valence-corrected chi connectivity index (χ4v) is 1.90. The Morgan fingerprint density at radius 3 is 3.14 bits per heavy atom. The number of amides is 1. The second kappa shape index (κ2) is 5.66. The van der Waals surface area contributed by atoms with Gasteiger partial charge in [-0.1, -0.05) is 0 Å². The van der Waals surface area contributed by atoms with Crippen LogP contribution in [0.5, 0.6) is 0 Å². The number of terminal acetylenes is 1. The lowest BCUT2D eigenvalue weighted by Crippen LogP contribution is -2.42. The largest absolute Gasteiger partial charge is 0.359 e. The summed E-state index contributed by atoms with van der Waals surface area (Å²) in [7, 11) is 1.70. The summed E-state index contributed by atoms with van der Waals surface area (Å²) >= 11 is 0. The third kappa shape index (κ3) is 3.04. The Morgan fingerprint density at radius 1 is 1.71 bits per heavy atom. The maximum Gasteiger partial charge on any atom is 0.224 e. The van der Waals surface area contributed by atoms with E-state index in [0.717, 1.165) is 38.9 Å². The van der Waals surface area contributed by atoms with Crippen LogP contribution in [0.15, 0.2) is 0 Å². The minimum absolute atomic E-state index is 0.159. The van der Waals surface area contributed by atoms with Crippen molar-refractivity contribution in [2.45, 2.75) is 19.3 Å². The number of hydrogen-bond acceptors (Lipinski definition) is 2. The Bertz CT molecular complexity index is 232. The van der Waals surface area contributed by atoms with Crippen LogP contribution in [0.4, 0.5) is 0 Å². The molecule has 1 rings (SSSR count). The molecule has 1 saturated heterocycles. The number of nitrogens with zero attached hydrogens (tertiary/aromatic N) is 1. The molecule has 1 unspecified atom stereocenters. The molecule has 14 heavy (non-hydrogen) atoms. The zero-order chi connectivity index (χ0) is 10.4. The molecular formula is C11H18N2O. The maximum absolute atomic E-state index is 11.4. The Kier molecular flexibility index (Phi) is 4.48. The summed E-state index contributed by atoms with van der Waals surface area (Å²) in [6.07, 6.45) is 8.09. The molecule has 0 spiro atoms. The van der Waals surface area contributed by atoms with E-state index < -0.39 is 0 Å². The van der Waals surface area contributed by atoms with Gasteiger partial charge < -0.3 is 10.2 Å². The molecule has 0 aromatic rings. The SMILES string of the molecule is C#CCCN1CCCC(C(=O)NC)C1. The Balaban J connectivity index is 2.36. The molecule has 1 heterocycles. The first kappa shape index (κ1) is 11.1. The molecular weight excluding hydrogens is 176 g/mol. The predicted molar refractivity (Wildman–Crippen MR) is 56.7 cm³/mol. The average Bonchev–Trinajstić information content (AvgIpc) is 2.25. The molecule has 0 aromatic carbocycles. The topological polar surface area (TPSA) is 32.3 Å². The zero-order valence-corrected chi connectivity index (χ0v) is 8.75. The van der Waals surface area contributed by atoms with Crippen LogP contribution in [0.25, 0.3) is 0 Å². The molecule has 0 aliphatic carbocycles. The van der Waals surface area contributed by atoms with Crippen LogP contribution in [0.3, 0.4) is 0 Å². The second-order valence-corrected chi connectivity index (χ2v) is 3.71. The summed E-state index contributed by atoms with van der Waals surface area (Å²) in [4.78, 5) is 13.7. The summed E-state index contributed by atoms with van der Waals surface area (Å²) in [5.41, 5.74) is 0. The minimum Gasteiger partial charge on any atom is -0.359 e. The highest BCUT2D eigenvalue weighted by molar-refractivity contribution is 5.78. The normalized spacial score (nSPS) is 22.7. The van der Waals surface area contributed by atoms with E-state index in [1.165, 1.54) is 0 Å². The fourth-order valence-electron chi connectivity index (χ4n) is 1.90. The van der Waals surface area contributed by atoms with Gasteiger partial charge in [-0.2, -0.15) is 0 Å². The first-order valence-electron chi connectivity index (χ1n) is 5.15. The molecule has 0 aromatic heterocycles. The van der Waals surface area contributed by atoms with E-state index >= 15 is 0 Å². The smallest absolute Gasteiger partial charge is 0.224 e. The Morgan fingerprint density at radius 2 is 2.50 bits per heavy atom. The van der Waals surface area contributed by atoms with Gasteiger partial charge in [0.1, 0.15) is 0 Å². The lowest BCUT2D eigenvalue weighted by atomic mass is 9.97. The number of likely N-dealkylation sites (tertiary alicyclic amines) is 1. The summed E-state index contributed by atoms with van der Waals surface area (Å²) in [5.74, 6) is 2.95. The summed E-state index contributed by atoms with van der Waals surface area (Å²) in [6, 6.07) is 0. The number of rotatable bonds is 3. The molecule has 1 amide bonds. The highest BCUT2D eigenvalue weighted by atomic mass is 16.1. The van der Waals surface area contributed by atoms with Crippen LogP contribution in [0, 0.1) is 18.3 Å². The molecule has 1 fully saturated rings. The number of carbonyl (C=O) groups is 1. The van der Waals surface area contributed by atoms with E-state index in [2.05, 4.69) is 16.1 Å². The van der Waals surface area contributed by atoms with Crippen LogP contribution in [0.2, 0.25) is 0 Å². The van der Waals surface area contributed by atoms with Gasteiger partial charge in [0.15, 0.2) is 0 Å². The molecule has 0 radical (unpaired) electrons. The van der Waals surface area contributed by atoms with Crippen molar-refractivity contribution in [1.82, 2.24) is 10.2 Å². The van der Waals surface area contributed by atoms with Crippen LogP contribution >= 0.6 is 0 Å². The highest BCUT2D eigenvalue weighted by Crippen LogP contribution is 2.16. The van der Waals surface area contributed by atoms with Gasteiger partial charge in [0.25, 0.3) is 0 Å². The van der Waals surface area contributed by atoms with E-state index in [-0.39, 0.29) is 11.8 Å². The molecule has 78 valence electrons. The van der Waals surface area contributed by atoms with Crippen LogP contribution in [-0.2, 0) is 4.79 Å². The van der Waals surface area contributed by atoms with Gasteiger partial charge in [-0.05, 0) is 19.4 Å². The molecule has 1 N–H and O–H groups in total. The summed E-state index contributed by atoms with van der Waals surface area (Å²) < 4.78 is 0. The van der Waals surface area contributed by atoms with Crippen LogP contribution < -0.4 is 5.32 Å². The van der Waals surface area contributed by atoms with E-state index in [0.29, 0.717) is 0 Å². The van der Waals surface area contributed by atoms with Gasteiger partial charge in [-0.15, -0.1) is 12.3 Å². The van der Waals surface area contributed by atoms with Crippen molar-refractivity contribution in [3.63, 3.8) is 0 Å². The predicted octanol–water partition coefficient (Wildman–Crippen LogP) is 0.468. The monoisotopic (exact) mass is 194 g/mol. The van der Waals surface area contributed by atoms with Gasteiger partial charge >= 0.3 is 0 Å². The average molecular weight is 194 g/mol. The summed E-state index contributed by atoms with van der Waals surface area (Å²) in [6.45, 7) is 2.86. The minimum atomic E-state index is 0.159. The van der Waals surface area contributed by atoms with Crippen molar-refractivity contribution in [3.05, 3.63) is 0 Å². The molecule has 0 bridgehead atoms. The molecule has 1 atom stereocenters. The number of nitrogens with one attached hydrogen (secondary N) is 1. The third-order valence-corrected chi connectivity index (χ3v) is 2.70. The number of carbonyl (C=O) groups excluding carboxylic acids is 1. The summed E-state index contributed by atoms with van der Waals surface area (Å²) in [5, 5.41) is 2.71. The van der Waals surface area contributed by atoms with Crippen LogP contribution in [0.1, 0.15) is 19.3 Å². The molecule has 1 aliphatic rings. The van der Waals surface area contributed by atoms with Gasteiger partial charge in [0.05, 0.1) is 5.92 Å². The van der Waals surface area contributed by atoms with E-state index in [1.807, 2.05) is 0 Å². The molecule has 1 aliphatic heterocycles. The Labute approximate surface area is 85.9 Å². The van der Waals surface area contributed by atoms with Crippen molar-refractivity contribution < 1.29 is 4.79 Å². The first-order chi connectivity index (χ1) is 6.77. The van der Waals surface area contributed by atoms with Gasteiger partial charge in [0, 0.05) is 26.6 Å². The lowest BCUT2D eigenvalue weighted by molar-refractivity contribution is -0.126. The lowest BCUT2D eigenvalue weighted by Gasteiger charge is -2.31. The van der Waals surface area contributed by atoms with Crippen molar-refractivity contribution in [2.24, 2.45) is 5.92 Å². The van der Waals surface area contributed by atoms with E-state index in [9.17, 15) is 4.79 Å². The zero-order valence-electron chi connectivity index (χ0n) is 8.75. The fraction of sp³-hybridized carbons (Fsp3) is 0.727. The van der Waals surface area contributed by atoms with Crippen molar-refractivity contribution >= 4 is 5.91 Å². The first-order valence-corrected chi connectivity index (χ1v) is 5.15. The van der Waals surface area contributed by atoms with Crippen molar-refractivity contribution in [2.75, 3.05) is 26.7 Å². The van der Waals surface area contributed by atoms with Crippen LogP contribution in [-0.4, -0.2) is 37.5 Å². The quantitative estimate of drug-likeness (QED) is 0.662. The molecule has 3 heteroatoms. The molecule has 0 saturated carbocycles. The van der Waals surface area contributed by atoms with E-state index in [4.69, 9.17) is 6.42 Å². The van der Waals surface area contributed by atoms with Gasteiger partial charge in [-0.3, -0.25) is 4.79 Å². The Hall–Kier alpha value is -1.01. The van der Waals surface area contributed by atoms with Crippen molar-refractivity contribution in [3.8, 4) is 12.3 Å². The third-order valence-electron chi connectivity index (χ3n) is 2.70. The number of piperidine rings is 1. The van der Waals surface area contributed by atoms with Crippen molar-refractivity contribution in [1.29, 1.82) is 0 Å². The van der Waals surface area contributed by atoms with Gasteiger partial charge in [-0.25, -0.2) is 0 Å². The number of hydrogen-bond donors (Lipinski definition) is 1. The van der Waals surface area contributed by atoms with E-state index in [1.54, 1.807) is 7.05 Å². The standard InChI is InChI=1S/C11H18N2O/c1-3-4-7-13-8-5-6-10(9-13)11(14)12-2/h1,10H,4-9H2,2H3,(H,12,14). The maximum atomic E-state index is 11.4. The van der Waals surface area contributed by atoms with Gasteiger partial charge in [0.2, 0.25) is 5.91 Å². The highest BCUT2D eigenvalue weighted by Gasteiger charge is 2.24. The second-order valence-electron chi connectivity index (χ2n) is 3.71. The molecule has 3 nitrogen and oxygen atoms in total.